The molecule has 3 aromatic carbocycles. The summed E-state index contributed by atoms with van der Waals surface area (Å²) in [6, 6.07) is 11.7. The third-order valence-corrected chi connectivity index (χ3v) is 6.95. The SMILES string of the molecule is O=C(NC(Cc1ccc(Cl)cc1)C(=O)O)c1ccc(I)cc1NS(=O)(=O)c1c(F)cccc1F. The first-order valence-electron chi connectivity index (χ1n) is 9.52. The number of carboxylic acid groups (broad SMARTS) is 1. The third kappa shape index (κ3) is 6.21. The number of anilines is 1. The Morgan fingerprint density at radius 3 is 2.24 bits per heavy atom. The van der Waals surface area contributed by atoms with Crippen molar-refractivity contribution in [1.29, 1.82) is 0 Å². The van der Waals surface area contributed by atoms with Crippen molar-refractivity contribution >= 4 is 61.8 Å². The monoisotopic (exact) mass is 620 g/mol. The fourth-order valence-corrected chi connectivity index (χ4v) is 4.85. The Kier molecular flexibility index (Phi) is 8.10. The quantitative estimate of drug-likeness (QED) is 0.322. The molecule has 12 heteroatoms. The number of hydrogen-bond donors (Lipinski definition) is 3. The van der Waals surface area contributed by atoms with Gasteiger partial charge in [-0.3, -0.25) is 9.52 Å². The van der Waals surface area contributed by atoms with E-state index in [1.165, 1.54) is 18.2 Å². The first-order valence-corrected chi connectivity index (χ1v) is 12.5. The van der Waals surface area contributed by atoms with Gasteiger partial charge < -0.3 is 10.4 Å². The predicted molar refractivity (Wildman–Crippen MR) is 130 cm³/mol. The highest BCUT2D eigenvalue weighted by Crippen LogP contribution is 2.26. The largest absolute Gasteiger partial charge is 0.480 e. The second kappa shape index (κ2) is 10.7. The minimum atomic E-state index is -4.76. The average molecular weight is 621 g/mol. The molecule has 0 aliphatic heterocycles. The number of nitrogens with one attached hydrogen (secondary N) is 2. The van der Waals surface area contributed by atoms with Crippen LogP contribution in [0.2, 0.25) is 5.02 Å². The van der Waals surface area contributed by atoms with Crippen LogP contribution in [0.5, 0.6) is 0 Å². The number of carbonyl (C=O) groups excluding carboxylic acids is 1. The Morgan fingerprint density at radius 2 is 1.65 bits per heavy atom. The van der Waals surface area contributed by atoms with Crippen LogP contribution in [0, 0.1) is 15.2 Å². The predicted octanol–water partition coefficient (Wildman–Crippen LogP) is 4.45. The van der Waals surface area contributed by atoms with Crippen LogP contribution < -0.4 is 10.0 Å². The van der Waals surface area contributed by atoms with Crippen molar-refractivity contribution in [3.05, 3.63) is 92.0 Å². The number of rotatable bonds is 8. The molecule has 7 nitrogen and oxygen atoms in total. The van der Waals surface area contributed by atoms with Crippen LogP contribution in [0.3, 0.4) is 0 Å². The smallest absolute Gasteiger partial charge is 0.326 e. The van der Waals surface area contributed by atoms with Crippen molar-refractivity contribution < 1.29 is 31.9 Å². The molecule has 3 N–H and O–H groups in total. The van der Waals surface area contributed by atoms with E-state index in [0.29, 0.717) is 14.2 Å². The van der Waals surface area contributed by atoms with Crippen LogP contribution in [0.25, 0.3) is 0 Å². The van der Waals surface area contributed by atoms with E-state index < -0.39 is 44.5 Å². The fourth-order valence-electron chi connectivity index (χ4n) is 3.03. The molecule has 0 saturated heterocycles. The number of amides is 1. The van der Waals surface area contributed by atoms with E-state index in [0.717, 1.165) is 18.2 Å². The topological polar surface area (TPSA) is 113 Å². The lowest BCUT2D eigenvalue weighted by atomic mass is 10.1. The zero-order valence-corrected chi connectivity index (χ0v) is 20.8. The van der Waals surface area contributed by atoms with Crippen LogP contribution in [-0.2, 0) is 21.2 Å². The number of halogens is 4. The molecule has 0 aliphatic rings. The van der Waals surface area contributed by atoms with Crippen LogP contribution in [-0.4, -0.2) is 31.4 Å². The van der Waals surface area contributed by atoms with Crippen LogP contribution >= 0.6 is 34.2 Å². The molecule has 0 aromatic heterocycles. The first kappa shape index (κ1) is 25.8. The molecule has 1 unspecified atom stereocenters. The van der Waals surface area contributed by atoms with Gasteiger partial charge in [0.05, 0.1) is 11.3 Å². The summed E-state index contributed by atoms with van der Waals surface area (Å²) in [6.45, 7) is 0. The number of hydrogen-bond acceptors (Lipinski definition) is 4. The highest BCUT2D eigenvalue weighted by molar-refractivity contribution is 14.1. The molecule has 178 valence electrons. The molecule has 0 saturated carbocycles. The Balaban J connectivity index is 1.90. The van der Waals surface area contributed by atoms with Crippen molar-refractivity contribution in [3.63, 3.8) is 0 Å². The summed E-state index contributed by atoms with van der Waals surface area (Å²) < 4.78 is 56.1. The van der Waals surface area contributed by atoms with E-state index in [1.807, 2.05) is 27.3 Å². The lowest BCUT2D eigenvalue weighted by Crippen LogP contribution is -2.42. The Bertz CT molecular complexity index is 1330. The van der Waals surface area contributed by atoms with E-state index in [4.69, 9.17) is 11.6 Å². The van der Waals surface area contributed by atoms with Gasteiger partial charge in [0.15, 0.2) is 4.90 Å². The number of carbonyl (C=O) groups is 2. The molecule has 0 radical (unpaired) electrons. The summed E-state index contributed by atoms with van der Waals surface area (Å²) in [4.78, 5) is 23.4. The van der Waals surface area contributed by atoms with E-state index in [9.17, 15) is 31.9 Å². The highest BCUT2D eigenvalue weighted by Gasteiger charge is 2.27. The minimum Gasteiger partial charge on any atom is -0.480 e. The molecular formula is C22H16ClF2IN2O5S. The summed E-state index contributed by atoms with van der Waals surface area (Å²) >= 11 is 7.69. The van der Waals surface area contributed by atoms with Gasteiger partial charge in [-0.15, -0.1) is 0 Å². The standard InChI is InChI=1S/C22H16ClF2IN2O5S/c23-13-6-4-12(5-7-13)10-19(22(30)31)27-21(29)15-9-8-14(26)11-18(15)28-34(32,33)20-16(24)2-1-3-17(20)25/h1-9,11,19,28H,10H2,(H,27,29)(H,30,31). The van der Waals surface area contributed by atoms with Crippen LogP contribution in [0.4, 0.5) is 14.5 Å². The number of aliphatic carboxylic acids is 1. The molecule has 0 aliphatic carbocycles. The molecule has 0 bridgehead atoms. The zero-order valence-electron chi connectivity index (χ0n) is 17.1. The average Bonchev–Trinajstić information content (AvgIpc) is 2.74. The van der Waals surface area contributed by atoms with Gasteiger partial charge in [0, 0.05) is 15.0 Å². The van der Waals surface area contributed by atoms with Gasteiger partial charge in [-0.25, -0.2) is 22.0 Å². The molecule has 0 heterocycles. The Hall–Kier alpha value is -2.77. The second-order valence-corrected chi connectivity index (χ2v) is 10.3. The van der Waals surface area contributed by atoms with E-state index in [-0.39, 0.29) is 17.7 Å². The van der Waals surface area contributed by atoms with Gasteiger partial charge in [0.2, 0.25) is 0 Å². The fraction of sp³-hybridized carbons (Fsp3) is 0.0909. The van der Waals surface area contributed by atoms with E-state index in [2.05, 4.69) is 5.32 Å². The molecule has 34 heavy (non-hydrogen) atoms. The Morgan fingerprint density at radius 1 is 1.03 bits per heavy atom. The van der Waals surface area contributed by atoms with Gasteiger partial charge >= 0.3 is 5.97 Å². The van der Waals surface area contributed by atoms with Crippen molar-refractivity contribution in [3.8, 4) is 0 Å². The summed E-state index contributed by atoms with van der Waals surface area (Å²) in [6.07, 6.45) is -0.0654. The maximum Gasteiger partial charge on any atom is 0.326 e. The van der Waals surface area contributed by atoms with Crippen molar-refractivity contribution in [1.82, 2.24) is 5.32 Å². The number of sulfonamides is 1. The highest BCUT2D eigenvalue weighted by atomic mass is 127. The van der Waals surface area contributed by atoms with E-state index in [1.54, 1.807) is 24.3 Å². The molecule has 1 atom stereocenters. The van der Waals surface area contributed by atoms with Crippen LogP contribution in [0.15, 0.2) is 65.6 Å². The van der Waals surface area contributed by atoms with Crippen LogP contribution in [0.1, 0.15) is 15.9 Å². The van der Waals surface area contributed by atoms with Crippen molar-refractivity contribution in [2.24, 2.45) is 0 Å². The van der Waals surface area contributed by atoms with Gasteiger partial charge in [-0.2, -0.15) is 0 Å². The maximum atomic E-state index is 14.1. The van der Waals surface area contributed by atoms with Gasteiger partial charge in [-0.05, 0) is 70.6 Å². The van der Waals surface area contributed by atoms with Gasteiger partial charge in [-0.1, -0.05) is 29.8 Å². The molecular weight excluding hydrogens is 605 g/mol. The summed E-state index contributed by atoms with van der Waals surface area (Å²) in [5.74, 6) is -4.83. The molecule has 1 amide bonds. The third-order valence-electron chi connectivity index (χ3n) is 4.61. The lowest BCUT2D eigenvalue weighted by Gasteiger charge is -2.17. The second-order valence-electron chi connectivity index (χ2n) is 7.04. The number of carboxylic acids is 1. The van der Waals surface area contributed by atoms with E-state index >= 15 is 0 Å². The van der Waals surface area contributed by atoms with Gasteiger partial charge in [0.25, 0.3) is 15.9 Å². The lowest BCUT2D eigenvalue weighted by molar-refractivity contribution is -0.139. The Labute approximate surface area is 212 Å². The molecule has 0 spiro atoms. The van der Waals surface area contributed by atoms with Crippen molar-refractivity contribution in [2.45, 2.75) is 17.4 Å². The summed E-state index contributed by atoms with van der Waals surface area (Å²) in [7, 11) is -4.76. The maximum absolute atomic E-state index is 14.1. The molecule has 3 aromatic rings. The number of benzene rings is 3. The van der Waals surface area contributed by atoms with Crippen molar-refractivity contribution in [2.75, 3.05) is 4.72 Å². The summed E-state index contributed by atoms with van der Waals surface area (Å²) in [5, 5.41) is 12.4. The first-order chi connectivity index (χ1) is 16.0. The summed E-state index contributed by atoms with van der Waals surface area (Å²) in [5.41, 5.74) is 0.0847. The zero-order chi connectivity index (χ0) is 25.0. The molecule has 0 fully saturated rings. The normalized spacial score (nSPS) is 12.1. The van der Waals surface area contributed by atoms with Gasteiger partial charge in [0.1, 0.15) is 17.7 Å². The molecule has 3 rings (SSSR count). The minimum absolute atomic E-state index is 0.0654.